The smallest absolute Gasteiger partial charge is 0.490 e. The Bertz CT molecular complexity index is 1580. The van der Waals surface area contributed by atoms with Crippen molar-refractivity contribution in [3.63, 3.8) is 0 Å². The first-order chi connectivity index (χ1) is 20.6. The Morgan fingerprint density at radius 1 is 0.841 bits per heavy atom. The summed E-state index contributed by atoms with van der Waals surface area (Å²) in [6.45, 7) is 0.557. The van der Waals surface area contributed by atoms with Crippen LogP contribution in [0.5, 0.6) is 5.75 Å². The molecule has 0 radical (unpaired) electrons. The maximum absolute atomic E-state index is 10.6. The molecule has 0 amide bonds. The van der Waals surface area contributed by atoms with Crippen LogP contribution in [0.4, 0.5) is 49.5 Å². The number of fused-ring (bicyclic) bond motifs is 6. The first-order valence-corrected chi connectivity index (χ1v) is 12.4. The number of halogens is 7. The van der Waals surface area contributed by atoms with Crippen molar-refractivity contribution in [3.8, 4) is 16.9 Å². The highest BCUT2D eigenvalue weighted by Gasteiger charge is 2.38. The minimum atomic E-state index is -5.08. The number of hydrogen-bond donors (Lipinski definition) is 4. The van der Waals surface area contributed by atoms with E-state index >= 15 is 0 Å². The lowest BCUT2D eigenvalue weighted by Gasteiger charge is -2.15. The molecule has 3 heterocycles. The molecule has 10 nitrogen and oxygen atoms in total. The minimum absolute atomic E-state index is 0.434. The molecular weight excluding hydrogens is 624 g/mol. The number of alkyl halides is 6. The second-order valence-electron chi connectivity index (χ2n) is 8.53. The Balaban J connectivity index is 0.000000317. The first-order valence-electron chi connectivity index (χ1n) is 12.1. The molecule has 4 N–H and O–H groups in total. The highest BCUT2D eigenvalue weighted by atomic mass is 35.5. The van der Waals surface area contributed by atoms with Gasteiger partial charge in [0.25, 0.3) is 0 Å². The molecular formula is C27H20ClF6N5O5. The quantitative estimate of drug-likeness (QED) is 0.162. The zero-order valence-corrected chi connectivity index (χ0v) is 22.7. The van der Waals surface area contributed by atoms with Crippen molar-refractivity contribution in [2.45, 2.75) is 18.8 Å². The van der Waals surface area contributed by atoms with E-state index in [4.69, 9.17) is 36.1 Å². The van der Waals surface area contributed by atoms with Gasteiger partial charge in [0.05, 0.1) is 12.8 Å². The van der Waals surface area contributed by atoms with Gasteiger partial charge in [-0.2, -0.15) is 31.3 Å². The predicted molar refractivity (Wildman–Crippen MR) is 146 cm³/mol. The Morgan fingerprint density at radius 2 is 1.52 bits per heavy atom. The van der Waals surface area contributed by atoms with Gasteiger partial charge in [-0.05, 0) is 41.5 Å². The SMILES string of the molecule is Clc1cnc2nc1Nc1cccc(c1)OCCc1cc(cc(-c3cccnc3)c1)N2.O=C(O)C(F)(F)F.O=C(O)C(F)(F)F. The van der Waals surface area contributed by atoms with Crippen molar-refractivity contribution >= 4 is 46.7 Å². The predicted octanol–water partition coefficient (Wildman–Crippen LogP) is 6.88. The lowest BCUT2D eigenvalue weighted by molar-refractivity contribution is -0.193. The zero-order valence-electron chi connectivity index (χ0n) is 21.9. The molecule has 0 spiro atoms. The summed E-state index contributed by atoms with van der Waals surface area (Å²) in [5.74, 6) is -3.75. The third kappa shape index (κ3) is 10.3. The average Bonchev–Trinajstić information content (AvgIpc) is 2.95. The highest BCUT2D eigenvalue weighted by Crippen LogP contribution is 2.30. The number of pyridine rings is 1. The third-order valence-corrected chi connectivity index (χ3v) is 5.51. The first kappa shape index (κ1) is 33.4. The third-order valence-electron chi connectivity index (χ3n) is 5.23. The van der Waals surface area contributed by atoms with Crippen LogP contribution in [0.25, 0.3) is 11.1 Å². The van der Waals surface area contributed by atoms with E-state index in [1.807, 2.05) is 42.6 Å². The fourth-order valence-corrected chi connectivity index (χ4v) is 3.48. The summed E-state index contributed by atoms with van der Waals surface area (Å²) in [4.78, 5) is 30.9. The van der Waals surface area contributed by atoms with Gasteiger partial charge >= 0.3 is 24.3 Å². The van der Waals surface area contributed by atoms with Crippen molar-refractivity contribution in [2.75, 3.05) is 17.2 Å². The summed E-state index contributed by atoms with van der Waals surface area (Å²) in [7, 11) is 0. The number of nitrogens with one attached hydrogen (secondary N) is 2. The number of anilines is 4. The van der Waals surface area contributed by atoms with Crippen molar-refractivity contribution in [1.29, 1.82) is 0 Å². The molecule has 2 aromatic carbocycles. The number of aromatic nitrogens is 3. The second kappa shape index (κ2) is 14.4. The molecule has 0 aliphatic carbocycles. The summed E-state index contributed by atoms with van der Waals surface area (Å²) in [6.07, 6.45) is -4.21. The van der Waals surface area contributed by atoms with E-state index in [0.717, 1.165) is 40.2 Å². The van der Waals surface area contributed by atoms with Crippen LogP contribution in [0.3, 0.4) is 0 Å². The zero-order chi connectivity index (χ0) is 32.5. The van der Waals surface area contributed by atoms with Gasteiger partial charge in [0, 0.05) is 41.8 Å². The number of carbonyl (C=O) groups is 2. The van der Waals surface area contributed by atoms with Gasteiger partial charge in [0.1, 0.15) is 10.8 Å². The normalized spacial score (nSPS) is 12.2. The van der Waals surface area contributed by atoms with Crippen molar-refractivity contribution in [1.82, 2.24) is 15.0 Å². The van der Waals surface area contributed by atoms with Gasteiger partial charge in [0.15, 0.2) is 5.82 Å². The molecule has 1 aliphatic heterocycles. The summed E-state index contributed by atoms with van der Waals surface area (Å²) in [5, 5.41) is 21.2. The fraction of sp³-hybridized carbons (Fsp3) is 0.148. The number of aliphatic carboxylic acids is 2. The molecule has 5 rings (SSSR count). The molecule has 0 saturated carbocycles. The van der Waals surface area contributed by atoms with Crippen molar-refractivity contribution in [2.24, 2.45) is 0 Å². The Morgan fingerprint density at radius 3 is 2.14 bits per heavy atom. The monoisotopic (exact) mass is 643 g/mol. The molecule has 1 aliphatic rings. The molecule has 4 aromatic rings. The molecule has 6 bridgehead atoms. The van der Waals surface area contributed by atoms with Crippen molar-refractivity contribution < 1.29 is 50.9 Å². The number of ether oxygens (including phenoxy) is 1. The van der Waals surface area contributed by atoms with Gasteiger partial charge < -0.3 is 25.6 Å². The molecule has 0 fully saturated rings. The van der Waals surface area contributed by atoms with Gasteiger partial charge in [-0.25, -0.2) is 14.6 Å². The number of nitrogens with zero attached hydrogens (tertiary/aromatic N) is 3. The maximum Gasteiger partial charge on any atom is 0.490 e. The lowest BCUT2D eigenvalue weighted by atomic mass is 10.0. The van der Waals surface area contributed by atoms with Gasteiger partial charge in [-0.15, -0.1) is 0 Å². The largest absolute Gasteiger partial charge is 0.493 e. The van der Waals surface area contributed by atoms with E-state index in [0.29, 0.717) is 23.4 Å². The Hall–Kier alpha value is -5.12. The van der Waals surface area contributed by atoms with E-state index < -0.39 is 24.3 Å². The molecule has 0 unspecified atom stereocenters. The van der Waals surface area contributed by atoms with Crippen LogP contribution in [-0.2, 0) is 16.0 Å². The van der Waals surface area contributed by atoms with Crippen LogP contribution in [0.1, 0.15) is 5.56 Å². The highest BCUT2D eigenvalue weighted by molar-refractivity contribution is 6.32. The van der Waals surface area contributed by atoms with Crippen LogP contribution in [0.2, 0.25) is 5.02 Å². The average molecular weight is 644 g/mol. The topological polar surface area (TPSA) is 147 Å². The van der Waals surface area contributed by atoms with Gasteiger partial charge in [-0.1, -0.05) is 29.8 Å². The van der Waals surface area contributed by atoms with Gasteiger partial charge in [0.2, 0.25) is 5.95 Å². The summed E-state index contributed by atoms with van der Waals surface area (Å²) < 4.78 is 69.5. The van der Waals surface area contributed by atoms with Crippen LogP contribution in [0, 0.1) is 0 Å². The van der Waals surface area contributed by atoms with E-state index in [1.54, 1.807) is 12.4 Å². The van der Waals surface area contributed by atoms with Crippen LogP contribution >= 0.6 is 11.6 Å². The van der Waals surface area contributed by atoms with E-state index in [9.17, 15) is 26.3 Å². The molecule has 17 heteroatoms. The molecule has 0 atom stereocenters. The van der Waals surface area contributed by atoms with Crippen LogP contribution in [0.15, 0.2) is 73.2 Å². The van der Waals surface area contributed by atoms with Gasteiger partial charge in [-0.3, -0.25) is 4.98 Å². The fourth-order valence-electron chi connectivity index (χ4n) is 3.34. The summed E-state index contributed by atoms with van der Waals surface area (Å²) in [5.41, 5.74) is 4.96. The van der Waals surface area contributed by atoms with E-state index in [2.05, 4.69) is 43.8 Å². The molecule has 0 saturated heterocycles. The van der Waals surface area contributed by atoms with Crippen molar-refractivity contribution in [3.05, 3.63) is 83.8 Å². The summed E-state index contributed by atoms with van der Waals surface area (Å²) >= 11 is 6.31. The molecule has 232 valence electrons. The number of rotatable bonds is 1. The summed E-state index contributed by atoms with van der Waals surface area (Å²) in [6, 6.07) is 18.0. The molecule has 2 aromatic heterocycles. The molecule has 44 heavy (non-hydrogen) atoms. The number of benzene rings is 2. The van der Waals surface area contributed by atoms with E-state index in [1.165, 1.54) is 0 Å². The Kier molecular flexibility index (Phi) is 10.9. The van der Waals surface area contributed by atoms with E-state index in [-0.39, 0.29) is 0 Å². The minimum Gasteiger partial charge on any atom is -0.493 e. The lowest BCUT2D eigenvalue weighted by Crippen LogP contribution is -2.21. The Labute approximate surface area is 249 Å². The number of carboxylic acid groups (broad SMARTS) is 2. The number of carboxylic acids is 2. The van der Waals surface area contributed by atoms with Crippen LogP contribution < -0.4 is 15.4 Å². The number of hydrogen-bond acceptors (Lipinski definition) is 8. The maximum atomic E-state index is 10.6. The van der Waals surface area contributed by atoms with Crippen LogP contribution in [-0.4, -0.2) is 56.1 Å². The second-order valence-corrected chi connectivity index (χ2v) is 8.94. The standard InChI is InChI=1S/C23H18ClN5O.2C2HF3O2/c24-21-14-26-23-28-19-10-15(9-17(11-19)16-3-2-7-25-13-16)6-8-30-20-5-1-4-18(12-20)27-22(21)29-23;2*3-2(4,5)1(6)7/h1-5,7,9-14H,6,8H2,(H2,26,27,28,29);2*(H,6,7).